The molecular weight excluding hydrogens is 236 g/mol. The van der Waals surface area contributed by atoms with E-state index in [4.69, 9.17) is 0 Å². The highest BCUT2D eigenvalue weighted by Gasteiger charge is 2.21. The molecule has 0 radical (unpaired) electrons. The van der Waals surface area contributed by atoms with Gasteiger partial charge in [-0.05, 0) is 30.7 Å². The zero-order chi connectivity index (χ0) is 12.3. The first kappa shape index (κ1) is 12.4. The van der Waals surface area contributed by atoms with Crippen molar-refractivity contribution in [1.29, 1.82) is 0 Å². The van der Waals surface area contributed by atoms with E-state index < -0.39 is 0 Å². The Morgan fingerprint density at radius 2 is 2.18 bits per heavy atom. The first-order valence-corrected chi connectivity index (χ1v) is 6.07. The minimum Gasteiger partial charge on any atom is -0.392 e. The lowest BCUT2D eigenvalue weighted by Gasteiger charge is -2.14. The molecule has 0 saturated carbocycles. The fourth-order valence-corrected chi connectivity index (χ4v) is 2.05. The number of nitrogens with one attached hydrogen (secondary N) is 1. The van der Waals surface area contributed by atoms with Crippen LogP contribution in [0.3, 0.4) is 0 Å². The second-order valence-corrected chi connectivity index (χ2v) is 4.79. The average Bonchev–Trinajstić information content (AvgIpc) is 2.67. The summed E-state index contributed by atoms with van der Waals surface area (Å²) >= 11 is 4.18. The van der Waals surface area contributed by atoms with Crippen LogP contribution in [0.2, 0.25) is 0 Å². The SMILES string of the molecule is O=C(CN1CC[C@@H](O)C1)Nc1ccc(S)cc1. The number of nitrogens with zero attached hydrogens (tertiary/aromatic N) is 1. The molecule has 1 amide bonds. The summed E-state index contributed by atoms with van der Waals surface area (Å²) in [4.78, 5) is 14.5. The third-order valence-electron chi connectivity index (χ3n) is 2.77. The van der Waals surface area contributed by atoms with Gasteiger partial charge in [-0.2, -0.15) is 0 Å². The number of β-amino-alcohol motifs (C(OH)–C–C–N with tert-alkyl or cyclic N) is 1. The number of hydrogen-bond donors (Lipinski definition) is 3. The molecule has 1 aromatic rings. The van der Waals surface area contributed by atoms with Crippen LogP contribution in [0.5, 0.6) is 0 Å². The predicted octanol–water partition coefficient (Wildman–Crippen LogP) is 0.980. The predicted molar refractivity (Wildman–Crippen MR) is 69.4 cm³/mol. The van der Waals surface area contributed by atoms with Crippen LogP contribution < -0.4 is 5.32 Å². The van der Waals surface area contributed by atoms with Crippen LogP contribution in [-0.2, 0) is 4.79 Å². The van der Waals surface area contributed by atoms with Crippen molar-refractivity contribution >= 4 is 24.2 Å². The van der Waals surface area contributed by atoms with Crippen molar-refractivity contribution < 1.29 is 9.90 Å². The lowest BCUT2D eigenvalue weighted by atomic mass is 10.3. The quantitative estimate of drug-likeness (QED) is 0.703. The standard InChI is InChI=1S/C12H16N2O2S/c15-10-5-6-14(7-10)8-12(16)13-9-1-3-11(17)4-2-9/h1-4,10,15,17H,5-8H2,(H,13,16)/t10-/m1/s1. The largest absolute Gasteiger partial charge is 0.392 e. The summed E-state index contributed by atoms with van der Waals surface area (Å²) in [5, 5.41) is 12.2. The normalized spacial score (nSPS) is 20.5. The van der Waals surface area contributed by atoms with Crippen LogP contribution in [0, 0.1) is 0 Å². The first-order valence-electron chi connectivity index (χ1n) is 5.63. The summed E-state index contributed by atoms with van der Waals surface area (Å²) in [5.74, 6) is -0.0500. The van der Waals surface area contributed by atoms with Gasteiger partial charge in [-0.25, -0.2) is 0 Å². The second-order valence-electron chi connectivity index (χ2n) is 4.27. The number of benzene rings is 1. The molecule has 0 unspecified atom stereocenters. The van der Waals surface area contributed by atoms with Crippen LogP contribution in [-0.4, -0.2) is 41.7 Å². The topological polar surface area (TPSA) is 52.6 Å². The van der Waals surface area contributed by atoms with Crippen LogP contribution >= 0.6 is 12.6 Å². The summed E-state index contributed by atoms with van der Waals surface area (Å²) in [5.41, 5.74) is 0.771. The summed E-state index contributed by atoms with van der Waals surface area (Å²) < 4.78 is 0. The molecule has 1 aromatic carbocycles. The number of carbonyl (C=O) groups is 1. The molecule has 1 saturated heterocycles. The van der Waals surface area contributed by atoms with Crippen molar-refractivity contribution in [3.8, 4) is 0 Å². The molecule has 1 atom stereocenters. The molecule has 1 fully saturated rings. The van der Waals surface area contributed by atoms with Crippen LogP contribution in [0.25, 0.3) is 0 Å². The minimum atomic E-state index is -0.286. The molecule has 1 heterocycles. The third-order valence-corrected chi connectivity index (χ3v) is 3.06. The van der Waals surface area contributed by atoms with Crippen LogP contribution in [0.15, 0.2) is 29.2 Å². The highest BCUT2D eigenvalue weighted by molar-refractivity contribution is 7.80. The Hall–Kier alpha value is -1.04. The molecule has 1 aliphatic rings. The van der Waals surface area contributed by atoms with Crippen molar-refractivity contribution in [2.45, 2.75) is 17.4 Å². The van der Waals surface area contributed by atoms with Crippen molar-refractivity contribution in [2.24, 2.45) is 0 Å². The number of anilines is 1. The van der Waals surface area contributed by atoms with E-state index in [9.17, 15) is 9.90 Å². The molecule has 2 rings (SSSR count). The lowest BCUT2D eigenvalue weighted by Crippen LogP contribution is -2.32. The summed E-state index contributed by atoms with van der Waals surface area (Å²) in [6, 6.07) is 7.30. The molecule has 0 bridgehead atoms. The molecule has 4 nitrogen and oxygen atoms in total. The van der Waals surface area contributed by atoms with E-state index in [1.165, 1.54) is 0 Å². The van der Waals surface area contributed by atoms with Crippen molar-refractivity contribution in [2.75, 3.05) is 25.0 Å². The van der Waals surface area contributed by atoms with Gasteiger partial charge in [0.2, 0.25) is 5.91 Å². The Morgan fingerprint density at radius 1 is 1.47 bits per heavy atom. The molecule has 0 spiro atoms. The Morgan fingerprint density at radius 3 is 2.76 bits per heavy atom. The van der Waals surface area contributed by atoms with E-state index in [1.807, 2.05) is 29.2 Å². The molecule has 0 aromatic heterocycles. The average molecular weight is 252 g/mol. The van der Waals surface area contributed by atoms with Gasteiger partial charge in [0.1, 0.15) is 0 Å². The molecule has 5 heteroatoms. The van der Waals surface area contributed by atoms with Gasteiger partial charge in [0.05, 0.1) is 12.6 Å². The fourth-order valence-electron chi connectivity index (χ4n) is 1.90. The van der Waals surface area contributed by atoms with E-state index in [1.54, 1.807) is 0 Å². The van der Waals surface area contributed by atoms with Gasteiger partial charge in [-0.1, -0.05) is 0 Å². The maximum atomic E-state index is 11.7. The Kier molecular flexibility index (Phi) is 4.04. The van der Waals surface area contributed by atoms with Crippen molar-refractivity contribution in [3.05, 3.63) is 24.3 Å². The zero-order valence-corrected chi connectivity index (χ0v) is 10.4. The highest BCUT2D eigenvalue weighted by Crippen LogP contribution is 2.13. The zero-order valence-electron chi connectivity index (χ0n) is 9.47. The minimum absolute atomic E-state index is 0.0500. The van der Waals surface area contributed by atoms with E-state index in [-0.39, 0.29) is 12.0 Å². The van der Waals surface area contributed by atoms with Crippen molar-refractivity contribution in [3.63, 3.8) is 0 Å². The van der Waals surface area contributed by atoms with Gasteiger partial charge in [0.15, 0.2) is 0 Å². The lowest BCUT2D eigenvalue weighted by molar-refractivity contribution is -0.117. The van der Waals surface area contributed by atoms with Gasteiger partial charge >= 0.3 is 0 Å². The molecule has 17 heavy (non-hydrogen) atoms. The molecule has 92 valence electrons. The van der Waals surface area contributed by atoms with E-state index in [0.717, 1.165) is 23.5 Å². The number of aliphatic hydroxyl groups is 1. The highest BCUT2D eigenvalue weighted by atomic mass is 32.1. The smallest absolute Gasteiger partial charge is 0.238 e. The second kappa shape index (κ2) is 5.53. The Labute approximate surface area is 106 Å². The van der Waals surface area contributed by atoms with Gasteiger partial charge in [0.25, 0.3) is 0 Å². The third kappa shape index (κ3) is 3.73. The number of amides is 1. The van der Waals surface area contributed by atoms with Gasteiger partial charge in [-0.3, -0.25) is 9.69 Å². The monoisotopic (exact) mass is 252 g/mol. The van der Waals surface area contributed by atoms with Crippen LogP contribution in [0.4, 0.5) is 5.69 Å². The summed E-state index contributed by atoms with van der Waals surface area (Å²) in [7, 11) is 0. The number of thiol groups is 1. The number of likely N-dealkylation sites (tertiary alicyclic amines) is 1. The maximum absolute atomic E-state index is 11.7. The maximum Gasteiger partial charge on any atom is 0.238 e. The number of rotatable bonds is 3. The van der Waals surface area contributed by atoms with E-state index in [2.05, 4.69) is 17.9 Å². The fraction of sp³-hybridized carbons (Fsp3) is 0.417. The number of hydrogen-bond acceptors (Lipinski definition) is 4. The molecule has 1 aliphatic heterocycles. The van der Waals surface area contributed by atoms with Crippen molar-refractivity contribution in [1.82, 2.24) is 4.90 Å². The number of carbonyl (C=O) groups excluding carboxylic acids is 1. The number of aliphatic hydroxyl groups excluding tert-OH is 1. The van der Waals surface area contributed by atoms with Gasteiger partial charge in [0, 0.05) is 23.7 Å². The van der Waals surface area contributed by atoms with Crippen LogP contribution in [0.1, 0.15) is 6.42 Å². The van der Waals surface area contributed by atoms with Gasteiger partial charge < -0.3 is 10.4 Å². The molecular formula is C12H16N2O2S. The molecule has 2 N–H and O–H groups in total. The first-order chi connectivity index (χ1) is 8.13. The van der Waals surface area contributed by atoms with E-state index >= 15 is 0 Å². The van der Waals surface area contributed by atoms with E-state index in [0.29, 0.717) is 13.1 Å². The molecule has 0 aliphatic carbocycles. The Balaban J connectivity index is 1.83. The summed E-state index contributed by atoms with van der Waals surface area (Å²) in [6.45, 7) is 1.70. The summed E-state index contributed by atoms with van der Waals surface area (Å²) in [6.07, 6.45) is 0.466. The van der Waals surface area contributed by atoms with Gasteiger partial charge in [-0.15, -0.1) is 12.6 Å². The Bertz CT molecular complexity index is 394.